The van der Waals surface area contributed by atoms with Crippen molar-refractivity contribution in [3.8, 4) is 0 Å². The van der Waals surface area contributed by atoms with Crippen molar-refractivity contribution < 1.29 is 4.74 Å². The van der Waals surface area contributed by atoms with Crippen LogP contribution < -0.4 is 5.32 Å². The van der Waals surface area contributed by atoms with Crippen molar-refractivity contribution in [1.82, 2.24) is 10.2 Å². The Balaban J connectivity index is 2.48. The quantitative estimate of drug-likeness (QED) is 0.749. The van der Waals surface area contributed by atoms with Crippen LogP contribution in [-0.2, 0) is 4.74 Å². The molecule has 1 fully saturated rings. The number of rotatable bonds is 6. The number of piperidine rings is 1. The van der Waals surface area contributed by atoms with E-state index in [9.17, 15) is 0 Å². The molecule has 1 aliphatic heterocycles. The standard InChI is InChI=1S/C13H28N2O/c1-5-14-9-12(10-16-4)15-8-6-7-13(2,3)11-15/h12,14H,5-11H2,1-4H3. The van der Waals surface area contributed by atoms with Gasteiger partial charge in [0.1, 0.15) is 0 Å². The minimum Gasteiger partial charge on any atom is -0.383 e. The molecule has 1 saturated heterocycles. The molecule has 0 amide bonds. The molecule has 16 heavy (non-hydrogen) atoms. The number of methoxy groups -OCH3 is 1. The minimum atomic E-state index is 0.469. The average molecular weight is 228 g/mol. The zero-order valence-corrected chi connectivity index (χ0v) is 11.4. The number of hydrogen-bond acceptors (Lipinski definition) is 3. The van der Waals surface area contributed by atoms with Crippen LogP contribution in [0.1, 0.15) is 33.6 Å². The van der Waals surface area contributed by atoms with Crippen molar-refractivity contribution in [2.75, 3.05) is 39.9 Å². The first-order valence-corrected chi connectivity index (χ1v) is 6.53. The summed E-state index contributed by atoms with van der Waals surface area (Å²) in [5.74, 6) is 0. The average Bonchev–Trinajstić information content (AvgIpc) is 2.22. The maximum Gasteiger partial charge on any atom is 0.0630 e. The van der Waals surface area contributed by atoms with E-state index in [1.807, 2.05) is 0 Å². The fourth-order valence-electron chi connectivity index (χ4n) is 2.58. The molecule has 0 radical (unpaired) electrons. The van der Waals surface area contributed by atoms with Crippen LogP contribution >= 0.6 is 0 Å². The lowest BCUT2D eigenvalue weighted by atomic mass is 9.83. The SMILES string of the molecule is CCNCC(COC)N1CCCC(C)(C)C1. The summed E-state index contributed by atoms with van der Waals surface area (Å²) in [6.45, 7) is 12.2. The number of nitrogens with one attached hydrogen (secondary N) is 1. The summed E-state index contributed by atoms with van der Waals surface area (Å²) in [5, 5.41) is 3.44. The van der Waals surface area contributed by atoms with Crippen LogP contribution in [0.3, 0.4) is 0 Å². The van der Waals surface area contributed by atoms with Crippen LogP contribution in [0.15, 0.2) is 0 Å². The largest absolute Gasteiger partial charge is 0.383 e. The van der Waals surface area contributed by atoms with Gasteiger partial charge in [-0.15, -0.1) is 0 Å². The third-order valence-electron chi connectivity index (χ3n) is 3.44. The maximum absolute atomic E-state index is 5.34. The zero-order valence-electron chi connectivity index (χ0n) is 11.4. The van der Waals surface area contributed by atoms with E-state index in [0.717, 1.165) is 19.7 Å². The van der Waals surface area contributed by atoms with Gasteiger partial charge in [0.15, 0.2) is 0 Å². The summed E-state index contributed by atoms with van der Waals surface area (Å²) in [7, 11) is 1.80. The van der Waals surface area contributed by atoms with E-state index in [0.29, 0.717) is 11.5 Å². The maximum atomic E-state index is 5.34. The lowest BCUT2D eigenvalue weighted by Gasteiger charge is -2.42. The van der Waals surface area contributed by atoms with Crippen molar-refractivity contribution in [2.45, 2.75) is 39.7 Å². The molecule has 3 nitrogen and oxygen atoms in total. The second-order valence-corrected chi connectivity index (χ2v) is 5.66. The van der Waals surface area contributed by atoms with Crippen molar-refractivity contribution in [2.24, 2.45) is 5.41 Å². The molecule has 1 aliphatic rings. The molecule has 0 aromatic rings. The van der Waals surface area contributed by atoms with Gasteiger partial charge in [-0.05, 0) is 31.3 Å². The van der Waals surface area contributed by atoms with Crippen molar-refractivity contribution in [3.05, 3.63) is 0 Å². The Morgan fingerprint density at radius 3 is 2.75 bits per heavy atom. The van der Waals surface area contributed by atoms with E-state index in [-0.39, 0.29) is 0 Å². The van der Waals surface area contributed by atoms with Gasteiger partial charge in [-0.3, -0.25) is 4.90 Å². The van der Waals surface area contributed by atoms with Gasteiger partial charge in [-0.2, -0.15) is 0 Å². The molecule has 0 spiro atoms. The zero-order chi connectivity index (χ0) is 12.0. The molecule has 0 aliphatic carbocycles. The lowest BCUT2D eigenvalue weighted by Crippen LogP contribution is -2.51. The molecule has 0 saturated carbocycles. The molecule has 3 heteroatoms. The Hall–Kier alpha value is -0.120. The lowest BCUT2D eigenvalue weighted by molar-refractivity contribution is 0.0359. The van der Waals surface area contributed by atoms with Crippen LogP contribution in [0.25, 0.3) is 0 Å². The van der Waals surface area contributed by atoms with E-state index in [1.165, 1.54) is 25.9 Å². The van der Waals surface area contributed by atoms with E-state index >= 15 is 0 Å². The summed E-state index contributed by atoms with van der Waals surface area (Å²) in [5.41, 5.74) is 0.469. The number of likely N-dealkylation sites (tertiary alicyclic amines) is 1. The molecule has 1 N–H and O–H groups in total. The van der Waals surface area contributed by atoms with Crippen molar-refractivity contribution in [1.29, 1.82) is 0 Å². The highest BCUT2D eigenvalue weighted by molar-refractivity contribution is 4.84. The third kappa shape index (κ3) is 4.40. The Morgan fingerprint density at radius 2 is 2.19 bits per heavy atom. The molecule has 1 unspecified atom stereocenters. The molecular formula is C13H28N2O. The highest BCUT2D eigenvalue weighted by Gasteiger charge is 2.30. The second-order valence-electron chi connectivity index (χ2n) is 5.66. The van der Waals surface area contributed by atoms with Crippen LogP contribution in [0.2, 0.25) is 0 Å². The van der Waals surface area contributed by atoms with Gasteiger partial charge in [0.05, 0.1) is 6.61 Å². The van der Waals surface area contributed by atoms with Crippen LogP contribution in [-0.4, -0.2) is 50.8 Å². The third-order valence-corrected chi connectivity index (χ3v) is 3.44. The monoisotopic (exact) mass is 228 g/mol. The molecule has 0 aromatic heterocycles. The molecule has 0 bridgehead atoms. The number of likely N-dealkylation sites (N-methyl/N-ethyl adjacent to an activating group) is 1. The van der Waals surface area contributed by atoms with Crippen LogP contribution in [0, 0.1) is 5.41 Å². The Labute approximate surface area is 101 Å². The normalized spacial score (nSPS) is 23.2. The van der Waals surface area contributed by atoms with Crippen LogP contribution in [0.5, 0.6) is 0 Å². The number of ether oxygens (including phenoxy) is 1. The predicted octanol–water partition coefficient (Wildman–Crippen LogP) is 1.73. The topological polar surface area (TPSA) is 24.5 Å². The molecule has 96 valence electrons. The first-order valence-electron chi connectivity index (χ1n) is 6.53. The fourth-order valence-corrected chi connectivity index (χ4v) is 2.58. The Bertz CT molecular complexity index is 194. The van der Waals surface area contributed by atoms with Gasteiger partial charge < -0.3 is 10.1 Å². The van der Waals surface area contributed by atoms with Crippen molar-refractivity contribution >= 4 is 0 Å². The van der Waals surface area contributed by atoms with Gasteiger partial charge >= 0.3 is 0 Å². The van der Waals surface area contributed by atoms with Gasteiger partial charge in [-0.1, -0.05) is 20.8 Å². The summed E-state index contributed by atoms with van der Waals surface area (Å²) >= 11 is 0. The Morgan fingerprint density at radius 1 is 1.44 bits per heavy atom. The highest BCUT2D eigenvalue weighted by Crippen LogP contribution is 2.29. The number of nitrogens with zero attached hydrogens (tertiary/aromatic N) is 1. The fraction of sp³-hybridized carbons (Fsp3) is 1.00. The van der Waals surface area contributed by atoms with Crippen LogP contribution in [0.4, 0.5) is 0 Å². The first kappa shape index (κ1) is 13.9. The second kappa shape index (κ2) is 6.58. The van der Waals surface area contributed by atoms with Gasteiger partial charge in [0, 0.05) is 26.2 Å². The van der Waals surface area contributed by atoms with Gasteiger partial charge in [-0.25, -0.2) is 0 Å². The molecule has 1 atom stereocenters. The summed E-state index contributed by atoms with van der Waals surface area (Å²) in [6, 6.07) is 0.532. The first-order chi connectivity index (χ1) is 7.59. The van der Waals surface area contributed by atoms with E-state index in [1.54, 1.807) is 7.11 Å². The number of hydrogen-bond donors (Lipinski definition) is 1. The minimum absolute atomic E-state index is 0.469. The Kier molecular flexibility index (Phi) is 5.73. The van der Waals surface area contributed by atoms with E-state index < -0.39 is 0 Å². The van der Waals surface area contributed by atoms with E-state index in [2.05, 4.69) is 31.0 Å². The summed E-state index contributed by atoms with van der Waals surface area (Å²) in [4.78, 5) is 2.59. The van der Waals surface area contributed by atoms with Gasteiger partial charge in [0.25, 0.3) is 0 Å². The van der Waals surface area contributed by atoms with Crippen molar-refractivity contribution in [3.63, 3.8) is 0 Å². The molecule has 1 heterocycles. The highest BCUT2D eigenvalue weighted by atomic mass is 16.5. The smallest absolute Gasteiger partial charge is 0.0630 e. The van der Waals surface area contributed by atoms with E-state index in [4.69, 9.17) is 4.74 Å². The van der Waals surface area contributed by atoms with Gasteiger partial charge in [0.2, 0.25) is 0 Å². The molecule has 1 rings (SSSR count). The summed E-state index contributed by atoms with van der Waals surface area (Å²) < 4.78 is 5.34. The predicted molar refractivity (Wildman–Crippen MR) is 68.8 cm³/mol. The molecule has 0 aromatic carbocycles. The molecular weight excluding hydrogens is 200 g/mol. The summed E-state index contributed by atoms with van der Waals surface area (Å²) in [6.07, 6.45) is 2.67.